The van der Waals surface area contributed by atoms with Gasteiger partial charge in [-0.15, -0.1) is 0 Å². The molecular weight excluding hydrogens is 478 g/mol. The van der Waals surface area contributed by atoms with E-state index < -0.39 is 5.92 Å². The van der Waals surface area contributed by atoms with Crippen LogP contribution in [0.1, 0.15) is 48.5 Å². The number of hydrogen-bond acceptors (Lipinski definition) is 7. The summed E-state index contributed by atoms with van der Waals surface area (Å²) in [6, 6.07) is 4.95. The summed E-state index contributed by atoms with van der Waals surface area (Å²) in [5.74, 6) is -2.66. The van der Waals surface area contributed by atoms with E-state index in [4.69, 9.17) is 4.74 Å². The van der Waals surface area contributed by atoms with Crippen molar-refractivity contribution >= 4 is 23.4 Å². The first kappa shape index (κ1) is 26.5. The van der Waals surface area contributed by atoms with Crippen LogP contribution in [0, 0.1) is 0 Å². The molecule has 37 heavy (non-hydrogen) atoms. The molecule has 0 fully saturated rings. The second-order valence-electron chi connectivity index (χ2n) is 9.76. The van der Waals surface area contributed by atoms with E-state index >= 15 is 0 Å². The van der Waals surface area contributed by atoms with E-state index in [-0.39, 0.29) is 29.3 Å². The number of benzene rings is 1. The van der Waals surface area contributed by atoms with Gasteiger partial charge in [-0.2, -0.15) is 4.98 Å². The minimum absolute atomic E-state index is 0.00331. The second kappa shape index (κ2) is 11.2. The highest BCUT2D eigenvalue weighted by Crippen LogP contribution is 2.38. The summed E-state index contributed by atoms with van der Waals surface area (Å²) in [5.41, 5.74) is 3.37. The lowest BCUT2D eigenvalue weighted by molar-refractivity contribution is 0.0175. The van der Waals surface area contributed by atoms with Gasteiger partial charge < -0.3 is 25.6 Å². The Morgan fingerprint density at radius 2 is 2.08 bits per heavy atom. The normalized spacial score (nSPS) is 17.1. The predicted octanol–water partition coefficient (Wildman–Crippen LogP) is 4.85. The van der Waals surface area contributed by atoms with Crippen LogP contribution in [-0.2, 0) is 5.92 Å². The Morgan fingerprint density at radius 1 is 1.27 bits per heavy atom. The number of amides is 1. The fraction of sp³-hybridized carbons (Fsp3) is 0.444. The van der Waals surface area contributed by atoms with Gasteiger partial charge in [0.05, 0.1) is 18.4 Å². The largest absolute Gasteiger partial charge is 0.495 e. The van der Waals surface area contributed by atoms with Crippen molar-refractivity contribution in [2.24, 2.45) is 0 Å². The van der Waals surface area contributed by atoms with Crippen LogP contribution in [0.3, 0.4) is 0 Å². The minimum atomic E-state index is -3.11. The van der Waals surface area contributed by atoms with Crippen molar-refractivity contribution in [2.45, 2.75) is 44.6 Å². The number of alkyl halides is 2. The monoisotopic (exact) mass is 512 g/mol. The molecule has 0 radical (unpaired) electrons. The fourth-order valence-electron chi connectivity index (χ4n) is 4.56. The number of methoxy groups -OCH3 is 1. The molecule has 0 aliphatic heterocycles. The zero-order valence-electron chi connectivity index (χ0n) is 21.7. The van der Waals surface area contributed by atoms with Crippen molar-refractivity contribution in [1.29, 1.82) is 0 Å². The number of carbonyl (C=O) groups is 1. The smallest absolute Gasteiger partial charge is 0.275 e. The lowest BCUT2D eigenvalue weighted by Crippen LogP contribution is -2.31. The molecule has 1 unspecified atom stereocenters. The molecule has 1 atom stereocenters. The quantitative estimate of drug-likeness (QED) is 0.419. The Bertz CT molecular complexity index is 1210. The van der Waals surface area contributed by atoms with E-state index in [0.29, 0.717) is 23.5 Å². The first-order valence-electron chi connectivity index (χ1n) is 12.4. The van der Waals surface area contributed by atoms with Crippen molar-refractivity contribution < 1.29 is 18.3 Å². The van der Waals surface area contributed by atoms with Gasteiger partial charge >= 0.3 is 0 Å². The second-order valence-corrected chi connectivity index (χ2v) is 9.76. The van der Waals surface area contributed by atoms with Gasteiger partial charge in [-0.25, -0.2) is 13.8 Å². The molecule has 3 N–H and O–H groups in total. The standard InChI is InChI=1S/C27H34F2N6O2/c1-27(28,29)21-16-31-26(34-24(21)32-20-13-17-7-5-6-8-18(17)14-20)33-22-10-9-19(15-23(22)37-4)25(36)30-11-12-35(2)3/h5,7,9-10,15-16,20H,6,8,11-14H2,1-4H3,(H,30,36)(H2,31,32,33,34). The Morgan fingerprint density at radius 3 is 2.78 bits per heavy atom. The maximum absolute atomic E-state index is 14.4. The molecule has 1 amide bonds. The first-order valence-corrected chi connectivity index (χ1v) is 12.4. The lowest BCUT2D eigenvalue weighted by atomic mass is 10.0. The van der Waals surface area contributed by atoms with Gasteiger partial charge in [-0.1, -0.05) is 17.7 Å². The number of likely N-dealkylation sites (N-methyl/N-ethyl adjacent to an activating group) is 1. The molecule has 1 heterocycles. The number of nitrogens with zero attached hydrogens (tertiary/aromatic N) is 3. The summed E-state index contributed by atoms with van der Waals surface area (Å²) in [6.45, 7) is 2.08. The minimum Gasteiger partial charge on any atom is -0.495 e. The van der Waals surface area contributed by atoms with Crippen molar-refractivity contribution in [1.82, 2.24) is 20.2 Å². The summed E-state index contributed by atoms with van der Waals surface area (Å²) >= 11 is 0. The molecule has 1 aromatic heterocycles. The predicted molar refractivity (Wildman–Crippen MR) is 141 cm³/mol. The van der Waals surface area contributed by atoms with Gasteiger partial charge in [0.25, 0.3) is 11.8 Å². The van der Waals surface area contributed by atoms with Crippen LogP contribution in [0.15, 0.2) is 47.7 Å². The molecule has 0 saturated heterocycles. The van der Waals surface area contributed by atoms with Gasteiger partial charge in [0.15, 0.2) is 0 Å². The van der Waals surface area contributed by atoms with Crippen LogP contribution < -0.4 is 20.7 Å². The SMILES string of the molecule is COc1cc(C(=O)NCCN(C)C)ccc1Nc1ncc(C(C)(F)F)c(NC2CC3=C(CCC=C3)C2)n1. The molecule has 1 aromatic carbocycles. The molecule has 8 nitrogen and oxygen atoms in total. The summed E-state index contributed by atoms with van der Waals surface area (Å²) in [4.78, 5) is 23.0. The van der Waals surface area contributed by atoms with Crippen molar-refractivity contribution in [3.8, 4) is 5.75 Å². The van der Waals surface area contributed by atoms with Crippen LogP contribution in [0.2, 0.25) is 0 Å². The maximum atomic E-state index is 14.4. The molecule has 2 aliphatic carbocycles. The van der Waals surface area contributed by atoms with E-state index in [1.54, 1.807) is 18.2 Å². The Labute approximate surface area is 216 Å². The number of ether oxygens (including phenoxy) is 1. The average molecular weight is 513 g/mol. The number of allylic oxidation sites excluding steroid dienone is 2. The van der Waals surface area contributed by atoms with Crippen molar-refractivity contribution in [2.75, 3.05) is 44.9 Å². The Hall–Kier alpha value is -3.53. The van der Waals surface area contributed by atoms with Gasteiger partial charge in [-0.05, 0) is 63.6 Å². The molecule has 4 rings (SSSR count). The van der Waals surface area contributed by atoms with Crippen molar-refractivity contribution in [3.05, 3.63) is 58.8 Å². The highest BCUT2D eigenvalue weighted by atomic mass is 19.3. The van der Waals surface area contributed by atoms with E-state index in [1.165, 1.54) is 18.3 Å². The van der Waals surface area contributed by atoms with E-state index in [1.807, 2.05) is 19.0 Å². The molecule has 0 saturated carbocycles. The topological polar surface area (TPSA) is 91.4 Å². The highest BCUT2D eigenvalue weighted by Gasteiger charge is 2.32. The first-order chi connectivity index (χ1) is 17.6. The third-order valence-corrected chi connectivity index (χ3v) is 6.50. The molecule has 0 spiro atoms. The van der Waals surface area contributed by atoms with Crippen LogP contribution >= 0.6 is 0 Å². The summed E-state index contributed by atoms with van der Waals surface area (Å²) < 4.78 is 34.3. The summed E-state index contributed by atoms with van der Waals surface area (Å²) in [6.07, 6.45) is 9.07. The summed E-state index contributed by atoms with van der Waals surface area (Å²) in [5, 5.41) is 9.16. The highest BCUT2D eigenvalue weighted by molar-refractivity contribution is 5.95. The Balaban J connectivity index is 1.51. The molecule has 0 bridgehead atoms. The molecule has 2 aromatic rings. The molecule has 10 heteroatoms. The van der Waals surface area contributed by atoms with Crippen molar-refractivity contribution in [3.63, 3.8) is 0 Å². The molecule has 198 valence electrons. The zero-order valence-corrected chi connectivity index (χ0v) is 21.7. The maximum Gasteiger partial charge on any atom is 0.275 e. The Kier molecular flexibility index (Phi) is 8.06. The van der Waals surface area contributed by atoms with Crippen LogP contribution in [0.5, 0.6) is 5.75 Å². The summed E-state index contributed by atoms with van der Waals surface area (Å²) in [7, 11) is 5.36. The number of nitrogens with one attached hydrogen (secondary N) is 3. The van der Waals surface area contributed by atoms with Crippen LogP contribution in [-0.4, -0.2) is 61.1 Å². The average Bonchev–Trinajstić information content (AvgIpc) is 3.25. The third kappa shape index (κ3) is 6.62. The van der Waals surface area contributed by atoms with Crippen LogP contribution in [0.4, 0.5) is 26.2 Å². The number of carbonyl (C=O) groups excluding carboxylic acids is 1. The van der Waals surface area contributed by atoms with E-state index in [0.717, 1.165) is 45.3 Å². The number of hydrogen-bond donors (Lipinski definition) is 3. The number of rotatable bonds is 10. The van der Waals surface area contributed by atoms with Gasteiger partial charge in [-0.3, -0.25) is 4.79 Å². The van der Waals surface area contributed by atoms with E-state index in [2.05, 4.69) is 38.1 Å². The fourth-order valence-corrected chi connectivity index (χ4v) is 4.56. The third-order valence-electron chi connectivity index (χ3n) is 6.50. The van der Waals surface area contributed by atoms with Gasteiger partial charge in [0, 0.05) is 37.8 Å². The zero-order chi connectivity index (χ0) is 26.6. The molecule has 2 aliphatic rings. The molecular formula is C27H34F2N6O2. The van der Waals surface area contributed by atoms with E-state index in [9.17, 15) is 13.6 Å². The number of halogens is 2. The number of anilines is 3. The number of aromatic nitrogens is 2. The van der Waals surface area contributed by atoms with Gasteiger partial charge in [0.1, 0.15) is 11.6 Å². The van der Waals surface area contributed by atoms with Gasteiger partial charge in [0.2, 0.25) is 5.95 Å². The van der Waals surface area contributed by atoms with Crippen LogP contribution in [0.25, 0.3) is 0 Å². The lowest BCUT2D eigenvalue weighted by Gasteiger charge is -2.20.